The fraction of sp³-hybridized carbons (Fsp3) is 0.938. The van der Waals surface area contributed by atoms with Crippen molar-refractivity contribution in [1.82, 2.24) is 15.5 Å². The minimum Gasteiger partial charge on any atom is -0.388 e. The van der Waals surface area contributed by atoms with Gasteiger partial charge in [-0.25, -0.2) is 0 Å². The van der Waals surface area contributed by atoms with Crippen LogP contribution in [0.1, 0.15) is 51.4 Å². The fourth-order valence-electron chi connectivity index (χ4n) is 4.13. The normalized spacial score (nSPS) is 34.3. The molecule has 2 bridgehead atoms. The largest absolute Gasteiger partial charge is 0.388 e. The monoisotopic (exact) mass is 422 g/mol. The van der Waals surface area contributed by atoms with Crippen molar-refractivity contribution >= 4 is 29.9 Å². The Morgan fingerprint density at radius 2 is 1.86 bits per heavy atom. The van der Waals surface area contributed by atoms with Gasteiger partial charge in [-0.1, -0.05) is 6.42 Å². The molecule has 0 amide bonds. The summed E-state index contributed by atoms with van der Waals surface area (Å²) in [4.78, 5) is 6.90. The molecular formula is C16H31IN4O. The van der Waals surface area contributed by atoms with Gasteiger partial charge >= 0.3 is 0 Å². The van der Waals surface area contributed by atoms with Gasteiger partial charge in [-0.3, -0.25) is 4.99 Å². The topological polar surface area (TPSA) is 59.9 Å². The maximum Gasteiger partial charge on any atom is 0.191 e. The first kappa shape index (κ1) is 18.3. The second-order valence-corrected chi connectivity index (χ2v) is 7.22. The highest BCUT2D eigenvalue weighted by atomic mass is 127. The van der Waals surface area contributed by atoms with Crippen LogP contribution in [0.25, 0.3) is 0 Å². The average Bonchev–Trinajstić information content (AvgIpc) is 2.42. The maximum absolute atomic E-state index is 10.2. The molecule has 0 aromatic rings. The summed E-state index contributed by atoms with van der Waals surface area (Å²) in [5.74, 6) is 0.850. The Balaban J connectivity index is 0.00000176. The van der Waals surface area contributed by atoms with Crippen LogP contribution in [0, 0.1) is 0 Å². The minimum absolute atomic E-state index is 0. The third-order valence-corrected chi connectivity index (χ3v) is 5.77. The maximum atomic E-state index is 10.2. The molecule has 0 aromatic carbocycles. The molecule has 3 fully saturated rings. The summed E-state index contributed by atoms with van der Waals surface area (Å²) in [5, 5.41) is 17.1. The predicted molar refractivity (Wildman–Crippen MR) is 101 cm³/mol. The minimum atomic E-state index is -0.499. The van der Waals surface area contributed by atoms with Crippen molar-refractivity contribution in [2.45, 2.75) is 75.1 Å². The van der Waals surface area contributed by atoms with E-state index in [0.29, 0.717) is 12.6 Å². The quantitative estimate of drug-likeness (QED) is 0.368. The van der Waals surface area contributed by atoms with Crippen molar-refractivity contribution in [3.8, 4) is 0 Å². The average molecular weight is 422 g/mol. The van der Waals surface area contributed by atoms with E-state index in [9.17, 15) is 5.11 Å². The molecule has 0 radical (unpaired) electrons. The zero-order valence-electron chi connectivity index (χ0n) is 13.8. The number of aliphatic imine (C=N–C) groups is 1. The van der Waals surface area contributed by atoms with Crippen LogP contribution >= 0.6 is 24.0 Å². The van der Waals surface area contributed by atoms with Crippen LogP contribution in [0.4, 0.5) is 0 Å². The van der Waals surface area contributed by atoms with Crippen LogP contribution in [0.5, 0.6) is 0 Å². The molecule has 128 valence electrons. The lowest BCUT2D eigenvalue weighted by molar-refractivity contribution is -0.0280. The van der Waals surface area contributed by atoms with Crippen LogP contribution in [-0.4, -0.2) is 60.3 Å². The SMILES string of the molecule is CN=C(NCC1(O)CCC1)NC1CC2CCCC(C1)N2C.I. The van der Waals surface area contributed by atoms with Gasteiger partial charge in [0.15, 0.2) is 5.96 Å². The third-order valence-electron chi connectivity index (χ3n) is 5.77. The number of piperidine rings is 2. The van der Waals surface area contributed by atoms with E-state index in [-0.39, 0.29) is 24.0 Å². The summed E-state index contributed by atoms with van der Waals surface area (Å²) in [5.41, 5.74) is -0.499. The first-order valence-corrected chi connectivity index (χ1v) is 8.51. The molecule has 2 atom stereocenters. The van der Waals surface area contributed by atoms with Gasteiger partial charge in [0.05, 0.1) is 5.60 Å². The lowest BCUT2D eigenvalue weighted by atomic mass is 9.80. The van der Waals surface area contributed by atoms with Crippen molar-refractivity contribution in [1.29, 1.82) is 0 Å². The van der Waals surface area contributed by atoms with Crippen molar-refractivity contribution in [2.75, 3.05) is 20.6 Å². The molecule has 2 aliphatic heterocycles. The van der Waals surface area contributed by atoms with Crippen LogP contribution in [0.2, 0.25) is 0 Å². The molecule has 2 heterocycles. The molecule has 1 saturated carbocycles. The van der Waals surface area contributed by atoms with Gasteiger partial charge in [-0.15, -0.1) is 24.0 Å². The van der Waals surface area contributed by atoms with Gasteiger partial charge in [-0.05, 0) is 52.0 Å². The van der Waals surface area contributed by atoms with E-state index in [4.69, 9.17) is 0 Å². The van der Waals surface area contributed by atoms with E-state index in [2.05, 4.69) is 27.6 Å². The molecule has 1 aliphatic carbocycles. The zero-order valence-corrected chi connectivity index (χ0v) is 16.2. The molecule has 6 heteroatoms. The lowest BCUT2D eigenvalue weighted by Crippen LogP contribution is -2.58. The Morgan fingerprint density at radius 3 is 2.36 bits per heavy atom. The molecule has 3 N–H and O–H groups in total. The van der Waals surface area contributed by atoms with Crippen LogP contribution in [0.15, 0.2) is 4.99 Å². The molecule has 2 unspecified atom stereocenters. The summed E-state index contributed by atoms with van der Waals surface area (Å²) < 4.78 is 0. The van der Waals surface area contributed by atoms with Gasteiger partial charge in [0, 0.05) is 31.7 Å². The standard InChI is InChI=1S/C16H30N4O.HI/c1-17-15(18-11-16(21)7-4-8-16)19-12-9-13-5-3-6-14(10-12)20(13)2;/h12-14,21H,3-11H2,1-2H3,(H2,17,18,19);1H. The van der Waals surface area contributed by atoms with Crippen LogP contribution < -0.4 is 10.6 Å². The molecule has 3 aliphatic rings. The Morgan fingerprint density at radius 1 is 1.23 bits per heavy atom. The van der Waals surface area contributed by atoms with Crippen molar-refractivity contribution in [3.05, 3.63) is 0 Å². The van der Waals surface area contributed by atoms with Gasteiger partial charge < -0.3 is 20.6 Å². The first-order chi connectivity index (χ1) is 10.1. The van der Waals surface area contributed by atoms with E-state index in [0.717, 1.165) is 37.3 Å². The van der Waals surface area contributed by atoms with Gasteiger partial charge in [0.1, 0.15) is 0 Å². The Hall–Kier alpha value is -0.0800. The highest BCUT2D eigenvalue weighted by Gasteiger charge is 2.37. The Labute approximate surface area is 151 Å². The number of nitrogens with zero attached hydrogens (tertiary/aromatic N) is 2. The Bertz CT molecular complexity index is 386. The number of fused-ring (bicyclic) bond motifs is 2. The number of halogens is 1. The highest BCUT2D eigenvalue weighted by molar-refractivity contribution is 14.0. The number of guanidine groups is 1. The molecule has 22 heavy (non-hydrogen) atoms. The van der Waals surface area contributed by atoms with Crippen LogP contribution in [0.3, 0.4) is 0 Å². The third kappa shape index (κ3) is 4.06. The first-order valence-electron chi connectivity index (χ1n) is 8.51. The summed E-state index contributed by atoms with van der Waals surface area (Å²) >= 11 is 0. The van der Waals surface area contributed by atoms with Crippen molar-refractivity contribution in [2.24, 2.45) is 4.99 Å². The summed E-state index contributed by atoms with van der Waals surface area (Å²) in [6.45, 7) is 0.617. The summed E-state index contributed by atoms with van der Waals surface area (Å²) in [6.07, 6.45) is 9.42. The zero-order chi connectivity index (χ0) is 14.9. The second kappa shape index (κ2) is 7.66. The number of aliphatic hydroxyl groups is 1. The van der Waals surface area contributed by atoms with E-state index in [1.165, 1.54) is 32.1 Å². The van der Waals surface area contributed by atoms with Crippen molar-refractivity contribution < 1.29 is 5.11 Å². The Kier molecular flexibility index (Phi) is 6.36. The smallest absolute Gasteiger partial charge is 0.191 e. The van der Waals surface area contributed by atoms with Gasteiger partial charge in [0.2, 0.25) is 0 Å². The van der Waals surface area contributed by atoms with E-state index in [1.54, 1.807) is 0 Å². The number of hydrogen-bond donors (Lipinski definition) is 3. The summed E-state index contributed by atoms with van der Waals surface area (Å²) in [7, 11) is 4.10. The summed E-state index contributed by atoms with van der Waals surface area (Å²) in [6, 6.07) is 1.96. The van der Waals surface area contributed by atoms with Gasteiger partial charge in [0.25, 0.3) is 0 Å². The number of hydrogen-bond acceptors (Lipinski definition) is 3. The molecule has 3 rings (SSSR count). The van der Waals surface area contributed by atoms with E-state index >= 15 is 0 Å². The van der Waals surface area contributed by atoms with E-state index in [1.807, 2.05) is 7.05 Å². The number of nitrogens with one attached hydrogen (secondary N) is 2. The second-order valence-electron chi connectivity index (χ2n) is 7.22. The van der Waals surface area contributed by atoms with E-state index < -0.39 is 5.60 Å². The fourth-order valence-corrected chi connectivity index (χ4v) is 4.13. The molecular weight excluding hydrogens is 391 g/mol. The molecule has 0 spiro atoms. The molecule has 2 saturated heterocycles. The number of rotatable bonds is 3. The molecule has 5 nitrogen and oxygen atoms in total. The van der Waals surface area contributed by atoms with Crippen molar-refractivity contribution in [3.63, 3.8) is 0 Å². The van der Waals surface area contributed by atoms with Crippen LogP contribution in [-0.2, 0) is 0 Å². The highest BCUT2D eigenvalue weighted by Crippen LogP contribution is 2.33. The van der Waals surface area contributed by atoms with Gasteiger partial charge in [-0.2, -0.15) is 0 Å². The predicted octanol–water partition coefficient (Wildman–Crippen LogP) is 1.70. The molecule has 0 aromatic heterocycles. The lowest BCUT2D eigenvalue weighted by Gasteiger charge is -2.47.